The van der Waals surface area contributed by atoms with Gasteiger partial charge in [-0.15, -0.1) is 0 Å². The SMILES string of the molecule is [2H]C(C1CCN(c2ccc(OC)cc2)CC1)N(C(=O)CC(C)C)c1cccc(/C=C/C(=O)OC)c1. The van der Waals surface area contributed by atoms with E-state index in [-0.39, 0.29) is 17.7 Å². The second-order valence-electron chi connectivity index (χ2n) is 8.98. The summed E-state index contributed by atoms with van der Waals surface area (Å²) in [6.07, 6.45) is 5.04. The van der Waals surface area contributed by atoms with E-state index < -0.39 is 12.5 Å². The second-order valence-corrected chi connectivity index (χ2v) is 8.98. The average Bonchev–Trinajstić information content (AvgIpc) is 2.87. The first-order valence-corrected chi connectivity index (χ1v) is 11.8. The number of ether oxygens (including phenoxy) is 2. The molecule has 182 valence electrons. The highest BCUT2D eigenvalue weighted by Crippen LogP contribution is 2.28. The highest BCUT2D eigenvalue weighted by molar-refractivity contribution is 5.94. The molecule has 0 aromatic heterocycles. The molecule has 0 bridgehead atoms. The van der Waals surface area contributed by atoms with Crippen LogP contribution in [-0.2, 0) is 14.3 Å². The summed E-state index contributed by atoms with van der Waals surface area (Å²) in [5.74, 6) is 0.598. The van der Waals surface area contributed by atoms with Gasteiger partial charge in [0, 0.05) is 43.5 Å². The van der Waals surface area contributed by atoms with Gasteiger partial charge in [-0.25, -0.2) is 4.79 Å². The zero-order valence-corrected chi connectivity index (χ0v) is 20.6. The predicted molar refractivity (Wildman–Crippen MR) is 137 cm³/mol. The molecule has 34 heavy (non-hydrogen) atoms. The number of anilines is 2. The molecule has 0 aliphatic carbocycles. The van der Waals surface area contributed by atoms with E-state index in [9.17, 15) is 9.59 Å². The number of benzene rings is 2. The molecular weight excluding hydrogens is 428 g/mol. The zero-order chi connectivity index (χ0) is 25.4. The van der Waals surface area contributed by atoms with Gasteiger partial charge < -0.3 is 19.3 Å². The summed E-state index contributed by atoms with van der Waals surface area (Å²) in [5.41, 5.74) is 2.60. The molecule has 1 aliphatic rings. The number of hydrogen-bond acceptors (Lipinski definition) is 5. The zero-order valence-electron chi connectivity index (χ0n) is 21.6. The minimum atomic E-state index is -0.681. The molecule has 0 saturated carbocycles. The Hall–Kier alpha value is -3.28. The molecule has 1 amide bonds. The Morgan fingerprint density at radius 3 is 2.47 bits per heavy atom. The number of esters is 1. The van der Waals surface area contributed by atoms with Gasteiger partial charge in [0.25, 0.3) is 0 Å². The fourth-order valence-corrected chi connectivity index (χ4v) is 4.08. The summed E-state index contributed by atoms with van der Waals surface area (Å²) in [4.78, 5) is 28.8. The first-order chi connectivity index (χ1) is 16.8. The van der Waals surface area contributed by atoms with Gasteiger partial charge in [0.2, 0.25) is 5.91 Å². The van der Waals surface area contributed by atoms with Crippen molar-refractivity contribution in [1.29, 1.82) is 0 Å². The van der Waals surface area contributed by atoms with Crippen LogP contribution in [0.5, 0.6) is 5.75 Å². The molecule has 1 fully saturated rings. The summed E-state index contributed by atoms with van der Waals surface area (Å²) in [6.45, 7) is 5.01. The van der Waals surface area contributed by atoms with E-state index in [4.69, 9.17) is 6.11 Å². The minimum Gasteiger partial charge on any atom is -0.497 e. The molecule has 3 rings (SSSR count). The van der Waals surface area contributed by atoms with E-state index in [1.807, 2.05) is 50.2 Å². The average molecular weight is 466 g/mol. The molecule has 2 aromatic rings. The van der Waals surface area contributed by atoms with Gasteiger partial charge in [-0.1, -0.05) is 26.0 Å². The van der Waals surface area contributed by atoms with Crippen molar-refractivity contribution in [3.05, 3.63) is 60.2 Å². The van der Waals surface area contributed by atoms with E-state index in [1.54, 1.807) is 18.1 Å². The number of methoxy groups -OCH3 is 2. The van der Waals surface area contributed by atoms with Crippen LogP contribution in [0.15, 0.2) is 54.6 Å². The van der Waals surface area contributed by atoms with Crippen molar-refractivity contribution in [2.45, 2.75) is 33.1 Å². The molecule has 6 heteroatoms. The van der Waals surface area contributed by atoms with Crippen molar-refractivity contribution in [2.75, 3.05) is 43.6 Å². The molecule has 0 N–H and O–H groups in total. The second kappa shape index (κ2) is 12.3. The fourth-order valence-electron chi connectivity index (χ4n) is 4.08. The third kappa shape index (κ3) is 7.11. The molecule has 1 atom stereocenters. The third-order valence-corrected chi connectivity index (χ3v) is 5.95. The molecule has 1 aliphatic heterocycles. The molecule has 0 spiro atoms. The topological polar surface area (TPSA) is 59.1 Å². The molecular formula is C28H36N2O4. The van der Waals surface area contributed by atoms with E-state index in [0.29, 0.717) is 12.1 Å². The molecule has 0 radical (unpaired) electrons. The van der Waals surface area contributed by atoms with Crippen LogP contribution in [-0.4, -0.2) is 45.7 Å². The Balaban J connectivity index is 1.77. The van der Waals surface area contributed by atoms with E-state index in [0.717, 1.165) is 42.9 Å². The quantitative estimate of drug-likeness (QED) is 0.377. The van der Waals surface area contributed by atoms with Crippen LogP contribution in [0.25, 0.3) is 6.08 Å². The van der Waals surface area contributed by atoms with Gasteiger partial charge in [0.1, 0.15) is 5.75 Å². The standard InChI is InChI=1S/C28H36N2O4/c1-21(2)18-27(31)30(25-7-5-6-22(19-25)8-13-28(32)34-4)20-23-14-16-29(17-15-23)24-9-11-26(33-3)12-10-24/h5-13,19,21,23H,14-18,20H2,1-4H3/b13-8+/i20D. The van der Waals surface area contributed by atoms with Crippen LogP contribution in [0.3, 0.4) is 0 Å². The number of carbonyl (C=O) groups excluding carboxylic acids is 2. The highest BCUT2D eigenvalue weighted by Gasteiger charge is 2.25. The maximum atomic E-state index is 13.3. The lowest BCUT2D eigenvalue weighted by Crippen LogP contribution is -2.41. The van der Waals surface area contributed by atoms with Gasteiger partial charge in [-0.2, -0.15) is 0 Å². The van der Waals surface area contributed by atoms with Gasteiger partial charge >= 0.3 is 5.97 Å². The van der Waals surface area contributed by atoms with E-state index in [2.05, 4.69) is 21.8 Å². The lowest BCUT2D eigenvalue weighted by atomic mass is 9.95. The number of nitrogens with zero attached hydrogens (tertiary/aromatic N) is 2. The van der Waals surface area contributed by atoms with Gasteiger partial charge in [0.15, 0.2) is 0 Å². The van der Waals surface area contributed by atoms with Gasteiger partial charge in [-0.3, -0.25) is 4.79 Å². The van der Waals surface area contributed by atoms with Gasteiger partial charge in [0.05, 0.1) is 15.6 Å². The Bertz CT molecular complexity index is 1010. The van der Waals surface area contributed by atoms with Crippen LogP contribution in [0, 0.1) is 11.8 Å². The smallest absolute Gasteiger partial charge is 0.330 e. The molecule has 6 nitrogen and oxygen atoms in total. The van der Waals surface area contributed by atoms with Crippen molar-refractivity contribution in [1.82, 2.24) is 0 Å². The monoisotopic (exact) mass is 465 g/mol. The van der Waals surface area contributed by atoms with Crippen molar-refractivity contribution in [2.24, 2.45) is 11.8 Å². The number of piperidine rings is 1. The molecule has 1 unspecified atom stereocenters. The lowest BCUT2D eigenvalue weighted by molar-refractivity contribution is -0.134. The first kappa shape index (κ1) is 23.9. The summed E-state index contributed by atoms with van der Waals surface area (Å²) >= 11 is 0. The number of rotatable bonds is 9. The van der Waals surface area contributed by atoms with Gasteiger partial charge in [-0.05, 0) is 72.7 Å². The minimum absolute atomic E-state index is 0.0494. The Morgan fingerprint density at radius 2 is 1.85 bits per heavy atom. The number of hydrogen-bond donors (Lipinski definition) is 0. The van der Waals surface area contributed by atoms with Crippen molar-refractivity contribution in [3.8, 4) is 5.75 Å². The van der Waals surface area contributed by atoms with Crippen molar-refractivity contribution >= 4 is 29.3 Å². The Morgan fingerprint density at radius 1 is 1.15 bits per heavy atom. The number of carbonyl (C=O) groups is 2. The van der Waals surface area contributed by atoms with Crippen LogP contribution >= 0.6 is 0 Å². The maximum Gasteiger partial charge on any atom is 0.330 e. The third-order valence-electron chi connectivity index (χ3n) is 5.95. The maximum absolute atomic E-state index is 13.3. The lowest BCUT2D eigenvalue weighted by Gasteiger charge is -2.36. The summed E-state index contributed by atoms with van der Waals surface area (Å²) in [6, 6.07) is 15.5. The molecule has 2 aromatic carbocycles. The van der Waals surface area contributed by atoms with E-state index in [1.165, 1.54) is 13.2 Å². The van der Waals surface area contributed by atoms with Crippen molar-refractivity contribution < 1.29 is 20.4 Å². The van der Waals surface area contributed by atoms with Crippen LogP contribution in [0.4, 0.5) is 11.4 Å². The first-order valence-electron chi connectivity index (χ1n) is 12.4. The van der Waals surface area contributed by atoms with Crippen LogP contribution in [0.1, 0.15) is 40.0 Å². The van der Waals surface area contributed by atoms with Crippen LogP contribution < -0.4 is 14.5 Å². The Kier molecular flexibility index (Phi) is 8.60. The Labute approximate surface area is 204 Å². The molecule has 1 saturated heterocycles. The van der Waals surface area contributed by atoms with E-state index >= 15 is 0 Å². The van der Waals surface area contributed by atoms with Crippen molar-refractivity contribution in [3.63, 3.8) is 0 Å². The predicted octanol–water partition coefficient (Wildman–Crippen LogP) is 5.18. The molecule has 1 heterocycles. The summed E-state index contributed by atoms with van der Waals surface area (Å²) in [5, 5.41) is 0. The largest absolute Gasteiger partial charge is 0.497 e. The number of amides is 1. The summed E-state index contributed by atoms with van der Waals surface area (Å²) < 4.78 is 19.0. The fraction of sp³-hybridized carbons (Fsp3) is 0.429. The van der Waals surface area contributed by atoms with Crippen LogP contribution in [0.2, 0.25) is 0 Å². The normalized spacial score (nSPS) is 15.8. The summed E-state index contributed by atoms with van der Waals surface area (Å²) in [7, 11) is 2.99. The highest BCUT2D eigenvalue weighted by atomic mass is 16.5.